The fourth-order valence-electron chi connectivity index (χ4n) is 7.27. The van der Waals surface area contributed by atoms with E-state index in [1.54, 1.807) is 43.2 Å². The summed E-state index contributed by atoms with van der Waals surface area (Å²) in [4.78, 5) is 30.1. The second-order valence-corrected chi connectivity index (χ2v) is 11.8. The van der Waals surface area contributed by atoms with Gasteiger partial charge >= 0.3 is 0 Å². The van der Waals surface area contributed by atoms with E-state index in [9.17, 15) is 9.59 Å². The molecule has 2 saturated carbocycles. The number of piperidine rings is 1. The molecule has 1 aromatic heterocycles. The van der Waals surface area contributed by atoms with Gasteiger partial charge in [0.15, 0.2) is 0 Å². The zero-order valence-electron chi connectivity index (χ0n) is 23.3. The highest BCUT2D eigenvalue weighted by molar-refractivity contribution is 5.98. The quantitative estimate of drug-likeness (QED) is 0.386. The van der Waals surface area contributed by atoms with Crippen LogP contribution in [-0.4, -0.2) is 38.6 Å². The molecule has 1 aliphatic heterocycles. The average Bonchev–Trinajstić information content (AvgIpc) is 3.71. The lowest BCUT2D eigenvalue weighted by Crippen LogP contribution is -2.54. The summed E-state index contributed by atoms with van der Waals surface area (Å²) in [7, 11) is 1.81. The number of rotatable bonds is 6. The van der Waals surface area contributed by atoms with Gasteiger partial charge < -0.3 is 15.5 Å². The third-order valence-electron chi connectivity index (χ3n) is 9.17. The number of amides is 2. The molecule has 2 N–H and O–H groups in total. The highest BCUT2D eigenvalue weighted by Gasteiger charge is 2.50. The summed E-state index contributed by atoms with van der Waals surface area (Å²) in [6.07, 6.45) is 11.7. The Morgan fingerprint density at radius 1 is 0.975 bits per heavy atom. The van der Waals surface area contributed by atoms with Crippen LogP contribution in [0.15, 0.2) is 54.9 Å². The van der Waals surface area contributed by atoms with Gasteiger partial charge in [-0.1, -0.05) is 43.5 Å². The number of nitrogens with one attached hydrogen (secondary N) is 2. The Kier molecular flexibility index (Phi) is 7.34. The number of anilines is 2. The second kappa shape index (κ2) is 11.1. The lowest BCUT2D eigenvalue weighted by molar-refractivity contribution is -0.125. The summed E-state index contributed by atoms with van der Waals surface area (Å²) in [6.45, 7) is 1.78. The molecule has 6 rings (SSSR count). The third kappa shape index (κ3) is 5.11. The van der Waals surface area contributed by atoms with E-state index in [1.807, 2.05) is 17.0 Å². The first kappa shape index (κ1) is 26.5. The van der Waals surface area contributed by atoms with Gasteiger partial charge in [-0.2, -0.15) is 5.10 Å². The zero-order valence-corrected chi connectivity index (χ0v) is 23.3. The number of hydrogen-bond acceptors (Lipinski definition) is 4. The zero-order chi connectivity index (χ0) is 27.8. The number of aromatic nitrogens is 2. The van der Waals surface area contributed by atoms with Crippen LogP contribution in [0.3, 0.4) is 0 Å². The van der Waals surface area contributed by atoms with Crippen LogP contribution in [0, 0.1) is 24.6 Å². The summed E-state index contributed by atoms with van der Waals surface area (Å²) < 4.78 is 16.8. The van der Waals surface area contributed by atoms with Gasteiger partial charge in [0, 0.05) is 31.0 Å². The number of fused-ring (bicyclic) bond motifs is 1. The molecule has 2 amide bonds. The molecule has 0 radical (unpaired) electrons. The van der Waals surface area contributed by atoms with E-state index in [4.69, 9.17) is 0 Å². The number of nitrogens with zero attached hydrogens (tertiary/aromatic N) is 3. The molecule has 210 valence electrons. The number of hydrogen-bond donors (Lipinski definition) is 2. The van der Waals surface area contributed by atoms with Crippen molar-refractivity contribution in [2.75, 3.05) is 10.6 Å². The Labute approximate surface area is 235 Å². The van der Waals surface area contributed by atoms with Gasteiger partial charge in [-0.25, -0.2) is 4.39 Å². The number of carbonyl (C=O) groups excluding carboxylic acids is 2. The summed E-state index contributed by atoms with van der Waals surface area (Å²) in [6, 6.07) is 12.9. The van der Waals surface area contributed by atoms with Crippen LogP contribution in [0.4, 0.5) is 15.8 Å². The number of likely N-dealkylation sites (tertiary alicyclic amines) is 1. The number of halogens is 1. The molecule has 3 aliphatic rings. The van der Waals surface area contributed by atoms with Crippen molar-refractivity contribution in [3.63, 3.8) is 0 Å². The van der Waals surface area contributed by atoms with Crippen LogP contribution in [0.5, 0.6) is 0 Å². The van der Waals surface area contributed by atoms with Crippen molar-refractivity contribution in [2.45, 2.75) is 76.4 Å². The predicted molar refractivity (Wildman–Crippen MR) is 153 cm³/mol. The third-order valence-corrected chi connectivity index (χ3v) is 9.17. The van der Waals surface area contributed by atoms with Crippen molar-refractivity contribution in [3.8, 4) is 0 Å². The topological polar surface area (TPSA) is 79.3 Å². The van der Waals surface area contributed by atoms with Crippen molar-refractivity contribution >= 4 is 23.2 Å². The summed E-state index contributed by atoms with van der Waals surface area (Å²) in [5, 5.41) is 10.9. The van der Waals surface area contributed by atoms with Crippen LogP contribution < -0.4 is 10.6 Å². The molecular weight excluding hydrogens is 505 g/mol. The normalized spacial score (nSPS) is 24.6. The minimum absolute atomic E-state index is 0.0322. The molecule has 2 heterocycles. The maximum absolute atomic E-state index is 15.2. The van der Waals surface area contributed by atoms with E-state index >= 15 is 4.39 Å². The first-order valence-corrected chi connectivity index (χ1v) is 14.6. The first-order chi connectivity index (χ1) is 19.4. The molecule has 0 bridgehead atoms. The fourth-order valence-corrected chi connectivity index (χ4v) is 7.27. The van der Waals surface area contributed by atoms with E-state index < -0.39 is 17.8 Å². The molecule has 2 aliphatic carbocycles. The number of benzene rings is 2. The van der Waals surface area contributed by atoms with Gasteiger partial charge in [-0.15, -0.1) is 0 Å². The molecule has 3 aromatic rings. The molecule has 1 saturated heterocycles. The van der Waals surface area contributed by atoms with Gasteiger partial charge in [0.25, 0.3) is 5.91 Å². The van der Waals surface area contributed by atoms with Gasteiger partial charge in [0.1, 0.15) is 5.82 Å². The predicted octanol–water partition coefficient (Wildman–Crippen LogP) is 6.23. The highest BCUT2D eigenvalue weighted by atomic mass is 19.1. The standard InChI is InChI=1S/C32H38FN5O2/c1-20-7-5-11-27(33)29(20)32(40)38-28-12-6-8-22(28)17-26(31(39)36-25-18-34-37(2)19-25)30(38)21-13-15-24(16-14-21)35-23-9-3-4-10-23/h5,7,11,13-16,18-19,22-23,26,28,30,35H,3-4,6,8-10,12,17H2,1-2H3,(H,36,39)/t22?,26?,28?,30-/m0/s1. The average molecular weight is 544 g/mol. The van der Waals surface area contributed by atoms with Gasteiger partial charge in [-0.05, 0) is 74.3 Å². The molecule has 0 spiro atoms. The van der Waals surface area contributed by atoms with Crippen LogP contribution in [-0.2, 0) is 11.8 Å². The number of carbonyl (C=O) groups is 2. The van der Waals surface area contributed by atoms with Gasteiger partial charge in [0.05, 0.1) is 29.4 Å². The Balaban J connectivity index is 1.39. The van der Waals surface area contributed by atoms with Gasteiger partial charge in [-0.3, -0.25) is 14.3 Å². The molecule has 3 unspecified atom stereocenters. The maximum atomic E-state index is 15.2. The molecule has 2 aromatic carbocycles. The molecule has 40 heavy (non-hydrogen) atoms. The van der Waals surface area contributed by atoms with E-state index in [0.29, 0.717) is 23.7 Å². The van der Waals surface area contributed by atoms with E-state index in [-0.39, 0.29) is 29.3 Å². The van der Waals surface area contributed by atoms with E-state index in [1.165, 1.54) is 31.7 Å². The molecule has 4 atom stereocenters. The van der Waals surface area contributed by atoms with Crippen LogP contribution in [0.25, 0.3) is 0 Å². The summed E-state index contributed by atoms with van der Waals surface area (Å²) in [5.41, 5.74) is 3.28. The molecule has 3 fully saturated rings. The van der Waals surface area contributed by atoms with Crippen molar-refractivity contribution in [3.05, 3.63) is 77.4 Å². The minimum atomic E-state index is -0.517. The summed E-state index contributed by atoms with van der Waals surface area (Å²) in [5.74, 6) is -1.27. The molecule has 7 nitrogen and oxygen atoms in total. The van der Waals surface area contributed by atoms with Crippen molar-refractivity contribution in [1.29, 1.82) is 0 Å². The van der Waals surface area contributed by atoms with Crippen LogP contribution in [0.2, 0.25) is 0 Å². The largest absolute Gasteiger partial charge is 0.382 e. The lowest BCUT2D eigenvalue weighted by atomic mass is 9.76. The fraction of sp³-hybridized carbons (Fsp3) is 0.469. The summed E-state index contributed by atoms with van der Waals surface area (Å²) >= 11 is 0. The Hall–Kier alpha value is -3.68. The lowest BCUT2D eigenvalue weighted by Gasteiger charge is -2.48. The van der Waals surface area contributed by atoms with E-state index in [2.05, 4.69) is 27.9 Å². The van der Waals surface area contributed by atoms with Crippen molar-refractivity contribution < 1.29 is 14.0 Å². The molecule has 8 heteroatoms. The monoisotopic (exact) mass is 543 g/mol. The highest BCUT2D eigenvalue weighted by Crippen LogP contribution is 2.49. The Morgan fingerprint density at radius 2 is 1.75 bits per heavy atom. The second-order valence-electron chi connectivity index (χ2n) is 11.8. The van der Waals surface area contributed by atoms with E-state index in [0.717, 1.165) is 30.5 Å². The smallest absolute Gasteiger partial charge is 0.257 e. The van der Waals surface area contributed by atoms with Gasteiger partial charge in [0.2, 0.25) is 5.91 Å². The minimum Gasteiger partial charge on any atom is -0.382 e. The van der Waals surface area contributed by atoms with Crippen LogP contribution >= 0.6 is 0 Å². The van der Waals surface area contributed by atoms with Crippen molar-refractivity contribution in [2.24, 2.45) is 18.9 Å². The Morgan fingerprint density at radius 3 is 2.45 bits per heavy atom. The Bertz CT molecular complexity index is 1360. The van der Waals surface area contributed by atoms with Crippen molar-refractivity contribution in [1.82, 2.24) is 14.7 Å². The van der Waals surface area contributed by atoms with Crippen LogP contribution in [0.1, 0.15) is 78.9 Å². The SMILES string of the molecule is Cc1cccc(F)c1C(=O)N1C2CCCC2CC(C(=O)Nc2cnn(C)c2)[C@@H]1c1ccc(NC2CCCC2)cc1. The maximum Gasteiger partial charge on any atom is 0.257 e. The number of aryl methyl sites for hydroxylation is 2. The first-order valence-electron chi connectivity index (χ1n) is 14.6. The molecular formula is C32H38FN5O2.